The molecule has 3 rings (SSSR count). The lowest BCUT2D eigenvalue weighted by Gasteiger charge is -2.13. The number of aliphatic carboxylic acids is 1. The quantitative estimate of drug-likeness (QED) is 0.864. The third kappa shape index (κ3) is 2.23. The van der Waals surface area contributed by atoms with Crippen LogP contribution in [-0.2, 0) is 17.8 Å². The largest absolute Gasteiger partial charge is 0.478 e. The first-order valence-corrected chi connectivity index (χ1v) is 7.20. The normalized spacial score (nSPS) is 15.9. The van der Waals surface area contributed by atoms with Crippen molar-refractivity contribution in [1.82, 2.24) is 4.90 Å². The molecule has 0 unspecified atom stereocenters. The Labute approximate surface area is 119 Å². The number of hydrogen-bond donors (Lipinski definition) is 1. The molecule has 1 aromatic carbocycles. The summed E-state index contributed by atoms with van der Waals surface area (Å²) in [5.74, 6) is -1.14. The van der Waals surface area contributed by atoms with Crippen LogP contribution in [0.1, 0.15) is 16.0 Å². The third-order valence-electron chi connectivity index (χ3n) is 3.59. The smallest absolute Gasteiger partial charge is 0.328 e. The number of nitrogens with zero attached hydrogens (tertiary/aromatic N) is 1. The van der Waals surface area contributed by atoms with Crippen LogP contribution < -0.4 is 0 Å². The van der Waals surface area contributed by atoms with Crippen LogP contribution in [0.5, 0.6) is 0 Å². The number of carbonyl (C=O) groups is 1. The molecule has 0 spiro atoms. The van der Waals surface area contributed by atoms with Gasteiger partial charge in [-0.05, 0) is 42.8 Å². The molecule has 1 aromatic heterocycles. The van der Waals surface area contributed by atoms with Crippen molar-refractivity contribution in [2.75, 3.05) is 13.6 Å². The molecule has 1 aliphatic rings. The second-order valence-corrected chi connectivity index (χ2v) is 6.09. The highest BCUT2D eigenvalue weighted by molar-refractivity contribution is 7.20. The maximum atomic E-state index is 14.0. The molecule has 0 radical (unpaired) electrons. The molecule has 3 nitrogen and oxygen atoms in total. The topological polar surface area (TPSA) is 40.5 Å². The Morgan fingerprint density at radius 1 is 1.45 bits per heavy atom. The van der Waals surface area contributed by atoms with Gasteiger partial charge in [0.2, 0.25) is 0 Å². The highest BCUT2D eigenvalue weighted by Crippen LogP contribution is 2.38. The number of hydrogen-bond acceptors (Lipinski definition) is 3. The molecule has 20 heavy (non-hydrogen) atoms. The molecule has 1 aliphatic heterocycles. The van der Waals surface area contributed by atoms with Gasteiger partial charge < -0.3 is 10.0 Å². The molecule has 0 aliphatic carbocycles. The lowest BCUT2D eigenvalue weighted by Crippen LogP contribution is -2.18. The van der Waals surface area contributed by atoms with E-state index in [4.69, 9.17) is 5.11 Å². The lowest BCUT2D eigenvalue weighted by atomic mass is 10.0. The van der Waals surface area contributed by atoms with E-state index in [0.717, 1.165) is 45.3 Å². The van der Waals surface area contributed by atoms with E-state index in [0.29, 0.717) is 6.42 Å². The van der Waals surface area contributed by atoms with Gasteiger partial charge in [-0.1, -0.05) is 0 Å². The van der Waals surface area contributed by atoms with Crippen molar-refractivity contribution in [2.24, 2.45) is 0 Å². The summed E-state index contributed by atoms with van der Waals surface area (Å²) in [6, 6.07) is 3.29. The molecule has 0 amide bonds. The average Bonchev–Trinajstić information content (AvgIpc) is 2.62. The zero-order chi connectivity index (χ0) is 14.3. The van der Waals surface area contributed by atoms with Crippen molar-refractivity contribution in [3.8, 4) is 0 Å². The number of carboxylic acid groups (broad SMARTS) is 1. The molecule has 2 aromatic rings. The van der Waals surface area contributed by atoms with Crippen LogP contribution in [-0.4, -0.2) is 29.6 Å². The van der Waals surface area contributed by atoms with Gasteiger partial charge in [-0.3, -0.25) is 0 Å². The van der Waals surface area contributed by atoms with Crippen LogP contribution in [0.2, 0.25) is 0 Å². The van der Waals surface area contributed by atoms with E-state index in [9.17, 15) is 9.18 Å². The van der Waals surface area contributed by atoms with Crippen LogP contribution in [0.25, 0.3) is 16.2 Å². The monoisotopic (exact) mass is 291 g/mol. The predicted octanol–water partition coefficient (Wildman–Crippen LogP) is 3.13. The van der Waals surface area contributed by atoms with Crippen molar-refractivity contribution in [3.05, 3.63) is 40.0 Å². The van der Waals surface area contributed by atoms with E-state index in [2.05, 4.69) is 4.90 Å². The average molecular weight is 291 g/mol. The fourth-order valence-corrected chi connectivity index (χ4v) is 3.80. The van der Waals surface area contributed by atoms with Crippen LogP contribution in [0, 0.1) is 5.82 Å². The molecule has 0 atom stereocenters. The maximum Gasteiger partial charge on any atom is 0.328 e. The summed E-state index contributed by atoms with van der Waals surface area (Å²) in [6.45, 7) is 1.52. The second kappa shape index (κ2) is 5.00. The Balaban J connectivity index is 2.25. The molecule has 0 saturated heterocycles. The minimum absolute atomic E-state index is 0.166. The van der Waals surface area contributed by atoms with Gasteiger partial charge in [0, 0.05) is 34.1 Å². The van der Waals surface area contributed by atoms with Crippen LogP contribution in [0.4, 0.5) is 4.39 Å². The Morgan fingerprint density at radius 2 is 2.25 bits per heavy atom. The van der Waals surface area contributed by atoms with Gasteiger partial charge in [0.05, 0.1) is 0 Å². The Morgan fingerprint density at radius 3 is 3.00 bits per heavy atom. The van der Waals surface area contributed by atoms with Crippen molar-refractivity contribution >= 4 is 33.5 Å². The van der Waals surface area contributed by atoms with Crippen LogP contribution >= 0.6 is 11.3 Å². The number of halogens is 1. The lowest BCUT2D eigenvalue weighted by molar-refractivity contribution is -0.131. The fourth-order valence-electron chi connectivity index (χ4n) is 2.65. The molecule has 0 bridgehead atoms. The Bertz CT molecular complexity index is 720. The molecular weight excluding hydrogens is 277 g/mol. The van der Waals surface area contributed by atoms with Gasteiger partial charge in [-0.15, -0.1) is 11.3 Å². The van der Waals surface area contributed by atoms with Gasteiger partial charge in [-0.25, -0.2) is 9.18 Å². The summed E-state index contributed by atoms with van der Waals surface area (Å²) in [5.41, 5.74) is 1.80. The van der Waals surface area contributed by atoms with E-state index in [-0.39, 0.29) is 5.82 Å². The number of likely N-dealkylation sites (N-methyl/N-ethyl adjacent to an activating group) is 1. The van der Waals surface area contributed by atoms with E-state index >= 15 is 0 Å². The van der Waals surface area contributed by atoms with E-state index < -0.39 is 5.97 Å². The summed E-state index contributed by atoms with van der Waals surface area (Å²) in [6.07, 6.45) is 3.44. The van der Waals surface area contributed by atoms with Gasteiger partial charge in [0.1, 0.15) is 5.82 Å². The Kier molecular flexibility index (Phi) is 3.31. The zero-order valence-electron chi connectivity index (χ0n) is 11.0. The second-order valence-electron chi connectivity index (χ2n) is 5.00. The fraction of sp³-hybridized carbons (Fsp3) is 0.267. The van der Waals surface area contributed by atoms with E-state index in [1.807, 2.05) is 7.05 Å². The molecule has 2 heterocycles. The minimum Gasteiger partial charge on any atom is -0.478 e. The molecule has 0 saturated carbocycles. The van der Waals surface area contributed by atoms with E-state index in [1.54, 1.807) is 12.1 Å². The highest BCUT2D eigenvalue weighted by atomic mass is 32.1. The maximum absolute atomic E-state index is 14.0. The summed E-state index contributed by atoms with van der Waals surface area (Å²) < 4.78 is 15.1. The first-order valence-electron chi connectivity index (χ1n) is 6.38. The SMILES string of the molecule is CN1CCc2c(F)ccc3sc(/C=C/C(=O)O)c(c23)C1. The highest BCUT2D eigenvalue weighted by Gasteiger charge is 2.21. The van der Waals surface area contributed by atoms with Gasteiger partial charge in [0.25, 0.3) is 0 Å². The minimum atomic E-state index is -0.969. The van der Waals surface area contributed by atoms with Gasteiger partial charge >= 0.3 is 5.97 Å². The van der Waals surface area contributed by atoms with Gasteiger partial charge in [0.15, 0.2) is 0 Å². The number of rotatable bonds is 2. The molecule has 5 heteroatoms. The van der Waals surface area contributed by atoms with Crippen LogP contribution in [0.15, 0.2) is 18.2 Å². The standard InChI is InChI=1S/C15H14FNO2S/c1-17-7-6-9-11(16)2-3-13-15(9)10(8-17)12(20-13)4-5-14(18)19/h2-5H,6-8H2,1H3,(H,18,19)/b5-4+. The van der Waals surface area contributed by atoms with Crippen LogP contribution in [0.3, 0.4) is 0 Å². The molecule has 0 fully saturated rings. The van der Waals surface area contributed by atoms with Crippen molar-refractivity contribution in [1.29, 1.82) is 0 Å². The molecular formula is C15H14FNO2S. The van der Waals surface area contributed by atoms with Crippen molar-refractivity contribution in [2.45, 2.75) is 13.0 Å². The molecule has 104 valence electrons. The van der Waals surface area contributed by atoms with Crippen molar-refractivity contribution in [3.63, 3.8) is 0 Å². The number of carboxylic acids is 1. The van der Waals surface area contributed by atoms with Crippen molar-refractivity contribution < 1.29 is 14.3 Å². The zero-order valence-corrected chi connectivity index (χ0v) is 11.8. The first-order chi connectivity index (χ1) is 9.56. The first kappa shape index (κ1) is 13.3. The Hall–Kier alpha value is -1.72. The number of benzene rings is 1. The molecule has 1 N–H and O–H groups in total. The number of thiophene rings is 1. The predicted molar refractivity (Wildman–Crippen MR) is 78.5 cm³/mol. The summed E-state index contributed by atoms with van der Waals surface area (Å²) >= 11 is 1.52. The summed E-state index contributed by atoms with van der Waals surface area (Å²) in [5, 5.41) is 9.76. The summed E-state index contributed by atoms with van der Waals surface area (Å²) in [7, 11) is 2.00. The van der Waals surface area contributed by atoms with E-state index in [1.165, 1.54) is 17.4 Å². The summed E-state index contributed by atoms with van der Waals surface area (Å²) in [4.78, 5) is 13.7. The van der Waals surface area contributed by atoms with Gasteiger partial charge in [-0.2, -0.15) is 0 Å². The third-order valence-corrected chi connectivity index (χ3v) is 4.75.